The molecule has 72 valence electrons. The minimum Gasteiger partial charge on any atom is -0.352 e. The lowest BCUT2D eigenvalue weighted by atomic mass is 10.3. The predicted octanol–water partition coefficient (Wildman–Crippen LogP) is 1.43. The third-order valence-electron chi connectivity index (χ3n) is 1.99. The van der Waals surface area contributed by atoms with E-state index in [1.54, 1.807) is 12.4 Å². The van der Waals surface area contributed by atoms with Crippen LogP contribution in [0.5, 0.6) is 0 Å². The van der Waals surface area contributed by atoms with Crippen molar-refractivity contribution >= 4 is 5.95 Å². The van der Waals surface area contributed by atoms with Gasteiger partial charge < -0.3 is 9.88 Å². The fourth-order valence-electron chi connectivity index (χ4n) is 1.22. The van der Waals surface area contributed by atoms with Gasteiger partial charge in [0.1, 0.15) is 0 Å². The van der Waals surface area contributed by atoms with Crippen molar-refractivity contribution < 1.29 is 0 Å². The van der Waals surface area contributed by atoms with Gasteiger partial charge in [-0.1, -0.05) is 6.07 Å². The minimum atomic E-state index is 0.749. The van der Waals surface area contributed by atoms with Gasteiger partial charge in [-0.2, -0.15) is 0 Å². The van der Waals surface area contributed by atoms with Gasteiger partial charge >= 0.3 is 0 Å². The predicted molar refractivity (Wildman–Crippen MR) is 54.8 cm³/mol. The molecule has 4 heteroatoms. The van der Waals surface area contributed by atoms with Crippen LogP contribution >= 0.6 is 0 Å². The van der Waals surface area contributed by atoms with E-state index >= 15 is 0 Å². The van der Waals surface area contributed by atoms with Crippen molar-refractivity contribution in [3.05, 3.63) is 42.5 Å². The van der Waals surface area contributed by atoms with Crippen LogP contribution in [-0.2, 0) is 13.6 Å². The van der Waals surface area contributed by atoms with E-state index < -0.39 is 0 Å². The molecule has 0 aliphatic carbocycles. The molecule has 0 spiro atoms. The Morgan fingerprint density at radius 2 is 2.36 bits per heavy atom. The molecule has 2 heterocycles. The van der Waals surface area contributed by atoms with E-state index in [1.807, 2.05) is 36.1 Å². The Labute approximate surface area is 82.6 Å². The lowest BCUT2D eigenvalue weighted by Gasteiger charge is -2.04. The van der Waals surface area contributed by atoms with Crippen LogP contribution in [0.25, 0.3) is 0 Å². The molecule has 2 aromatic rings. The summed E-state index contributed by atoms with van der Waals surface area (Å²) in [5.41, 5.74) is 1.15. The molecule has 0 atom stereocenters. The molecule has 0 bridgehead atoms. The molecule has 0 fully saturated rings. The first-order chi connectivity index (χ1) is 6.86. The molecule has 14 heavy (non-hydrogen) atoms. The number of nitrogens with one attached hydrogen (secondary N) is 1. The first-order valence-electron chi connectivity index (χ1n) is 4.46. The molecule has 0 saturated carbocycles. The average Bonchev–Trinajstić information content (AvgIpc) is 2.63. The number of aryl methyl sites for hydroxylation is 1. The standard InChI is InChI=1S/C10H12N4/c1-14-6-5-12-10(14)13-8-9-3-2-4-11-7-9/h2-7H,8H2,1H3,(H,12,13). The zero-order valence-electron chi connectivity index (χ0n) is 8.01. The van der Waals surface area contributed by atoms with Gasteiger partial charge in [0.2, 0.25) is 5.95 Å². The van der Waals surface area contributed by atoms with Gasteiger partial charge in [0, 0.05) is 38.4 Å². The Bertz CT molecular complexity index is 394. The molecule has 0 amide bonds. The maximum Gasteiger partial charge on any atom is 0.202 e. The van der Waals surface area contributed by atoms with Gasteiger partial charge in [-0.3, -0.25) is 4.98 Å². The Morgan fingerprint density at radius 1 is 1.43 bits per heavy atom. The minimum absolute atomic E-state index is 0.749. The molecule has 4 nitrogen and oxygen atoms in total. The third-order valence-corrected chi connectivity index (χ3v) is 1.99. The van der Waals surface area contributed by atoms with Gasteiger partial charge in [0.25, 0.3) is 0 Å². The topological polar surface area (TPSA) is 42.7 Å². The summed E-state index contributed by atoms with van der Waals surface area (Å²) < 4.78 is 1.94. The second kappa shape index (κ2) is 3.91. The quantitative estimate of drug-likeness (QED) is 0.792. The van der Waals surface area contributed by atoms with Crippen molar-refractivity contribution in [2.75, 3.05) is 5.32 Å². The second-order valence-corrected chi connectivity index (χ2v) is 3.08. The normalized spacial score (nSPS) is 10.1. The maximum absolute atomic E-state index is 4.16. The SMILES string of the molecule is Cn1ccnc1NCc1cccnc1. The Balaban J connectivity index is 1.99. The van der Waals surface area contributed by atoms with Crippen molar-refractivity contribution in [3.8, 4) is 0 Å². The molecule has 2 aromatic heterocycles. The van der Waals surface area contributed by atoms with Crippen molar-refractivity contribution in [3.63, 3.8) is 0 Å². The summed E-state index contributed by atoms with van der Waals surface area (Å²) in [6.07, 6.45) is 7.29. The highest BCUT2D eigenvalue weighted by atomic mass is 15.2. The van der Waals surface area contributed by atoms with E-state index in [2.05, 4.69) is 15.3 Å². The molecule has 1 N–H and O–H groups in total. The number of aromatic nitrogens is 3. The van der Waals surface area contributed by atoms with Crippen LogP contribution in [0.4, 0.5) is 5.95 Å². The summed E-state index contributed by atoms with van der Waals surface area (Å²) in [6, 6.07) is 3.96. The summed E-state index contributed by atoms with van der Waals surface area (Å²) in [4.78, 5) is 8.20. The second-order valence-electron chi connectivity index (χ2n) is 3.08. The fourth-order valence-corrected chi connectivity index (χ4v) is 1.22. The molecule has 0 unspecified atom stereocenters. The number of anilines is 1. The molecule has 0 aromatic carbocycles. The third kappa shape index (κ3) is 1.90. The first-order valence-corrected chi connectivity index (χ1v) is 4.46. The number of hydrogen-bond acceptors (Lipinski definition) is 3. The van der Waals surface area contributed by atoms with E-state index in [0.29, 0.717) is 0 Å². The van der Waals surface area contributed by atoms with Crippen LogP contribution in [0.15, 0.2) is 36.9 Å². The highest BCUT2D eigenvalue weighted by molar-refractivity contribution is 5.27. The van der Waals surface area contributed by atoms with Crippen LogP contribution in [0.2, 0.25) is 0 Å². The van der Waals surface area contributed by atoms with Gasteiger partial charge in [0.15, 0.2) is 0 Å². The summed E-state index contributed by atoms with van der Waals surface area (Å²) in [6.45, 7) is 0.749. The van der Waals surface area contributed by atoms with Crippen LogP contribution in [-0.4, -0.2) is 14.5 Å². The van der Waals surface area contributed by atoms with Gasteiger partial charge in [-0.05, 0) is 11.6 Å². The molecule has 0 aliphatic rings. The molecule has 0 radical (unpaired) electrons. The highest BCUT2D eigenvalue weighted by Crippen LogP contribution is 2.03. The lowest BCUT2D eigenvalue weighted by Crippen LogP contribution is -2.04. The fraction of sp³-hybridized carbons (Fsp3) is 0.200. The monoisotopic (exact) mass is 188 g/mol. The van der Waals surface area contributed by atoms with Crippen LogP contribution in [0.3, 0.4) is 0 Å². The van der Waals surface area contributed by atoms with Gasteiger partial charge in [-0.15, -0.1) is 0 Å². The molecular formula is C10H12N4. The van der Waals surface area contributed by atoms with E-state index in [1.165, 1.54) is 0 Å². The summed E-state index contributed by atoms with van der Waals surface area (Å²) >= 11 is 0. The van der Waals surface area contributed by atoms with Crippen molar-refractivity contribution in [1.82, 2.24) is 14.5 Å². The van der Waals surface area contributed by atoms with E-state index in [4.69, 9.17) is 0 Å². The smallest absolute Gasteiger partial charge is 0.202 e. The Kier molecular flexibility index (Phi) is 2.44. The van der Waals surface area contributed by atoms with Gasteiger partial charge in [0.05, 0.1) is 0 Å². The summed E-state index contributed by atoms with van der Waals surface area (Å²) in [5.74, 6) is 0.869. The Hall–Kier alpha value is -1.84. The van der Waals surface area contributed by atoms with E-state index in [9.17, 15) is 0 Å². The summed E-state index contributed by atoms with van der Waals surface area (Å²) in [5, 5.41) is 3.22. The van der Waals surface area contributed by atoms with Crippen LogP contribution in [0.1, 0.15) is 5.56 Å². The zero-order valence-corrected chi connectivity index (χ0v) is 8.01. The molecule has 0 saturated heterocycles. The molecular weight excluding hydrogens is 176 g/mol. The van der Waals surface area contributed by atoms with Crippen molar-refractivity contribution in [2.45, 2.75) is 6.54 Å². The first kappa shape index (κ1) is 8.74. The van der Waals surface area contributed by atoms with Crippen molar-refractivity contribution in [1.29, 1.82) is 0 Å². The Morgan fingerprint density at radius 3 is 3.00 bits per heavy atom. The lowest BCUT2D eigenvalue weighted by molar-refractivity contribution is 0.899. The largest absolute Gasteiger partial charge is 0.352 e. The van der Waals surface area contributed by atoms with E-state index in [0.717, 1.165) is 18.1 Å². The molecule has 0 aliphatic heterocycles. The average molecular weight is 188 g/mol. The van der Waals surface area contributed by atoms with Crippen LogP contribution < -0.4 is 5.32 Å². The molecule has 2 rings (SSSR count). The van der Waals surface area contributed by atoms with Crippen molar-refractivity contribution in [2.24, 2.45) is 7.05 Å². The number of imidazole rings is 1. The number of hydrogen-bond donors (Lipinski definition) is 1. The number of rotatable bonds is 3. The summed E-state index contributed by atoms with van der Waals surface area (Å²) in [7, 11) is 1.96. The van der Waals surface area contributed by atoms with Gasteiger partial charge in [-0.25, -0.2) is 4.98 Å². The number of nitrogens with zero attached hydrogens (tertiary/aromatic N) is 3. The maximum atomic E-state index is 4.16. The highest BCUT2D eigenvalue weighted by Gasteiger charge is 1.97. The van der Waals surface area contributed by atoms with Crippen LogP contribution in [0, 0.1) is 0 Å². The van der Waals surface area contributed by atoms with E-state index in [-0.39, 0.29) is 0 Å². The zero-order chi connectivity index (χ0) is 9.80. The number of pyridine rings is 1.